The maximum Gasteiger partial charge on any atom is 0.255 e. The summed E-state index contributed by atoms with van der Waals surface area (Å²) in [5.41, 5.74) is 1.39. The first-order valence-electron chi connectivity index (χ1n) is 7.90. The van der Waals surface area contributed by atoms with Crippen LogP contribution in [0.4, 0.5) is 11.4 Å². The van der Waals surface area contributed by atoms with Crippen molar-refractivity contribution in [2.45, 2.75) is 6.42 Å². The molecule has 0 aliphatic carbocycles. The van der Waals surface area contributed by atoms with E-state index in [1.165, 1.54) is 21.3 Å². The van der Waals surface area contributed by atoms with Gasteiger partial charge in [0.15, 0.2) is 11.5 Å². The number of carbonyl (C=O) groups is 2. The average molecular weight is 369 g/mol. The van der Waals surface area contributed by atoms with Crippen molar-refractivity contribution in [2.75, 3.05) is 32.0 Å². The molecule has 140 valence electrons. The predicted molar refractivity (Wildman–Crippen MR) is 99.4 cm³/mol. The van der Waals surface area contributed by atoms with E-state index in [1.807, 2.05) is 0 Å². The second-order valence-corrected chi connectivity index (χ2v) is 5.33. The molecule has 0 unspecified atom stereocenters. The molecule has 2 aromatic carbocycles. The van der Waals surface area contributed by atoms with Crippen molar-refractivity contribution >= 4 is 23.2 Å². The molecule has 2 amide bonds. The number of hydrogen-bond donors (Lipinski definition) is 2. The first kappa shape index (κ1) is 19.6. The number of hydrogen-bond acceptors (Lipinski definition) is 6. The van der Waals surface area contributed by atoms with Gasteiger partial charge >= 0.3 is 0 Å². The van der Waals surface area contributed by atoms with Crippen molar-refractivity contribution in [3.63, 3.8) is 0 Å². The second kappa shape index (κ2) is 9.10. The zero-order valence-electron chi connectivity index (χ0n) is 15.2. The standard InChI is InChI=1S/C19H19N3O5/c1-25-15-10-12(11-16(26-2)18(15)27-3)19(24)22-14-6-4-13(5-7-14)21-17(23)8-9-20/h4-7,10-11H,8H2,1-3H3,(H,21,23)(H,22,24). The van der Waals surface area contributed by atoms with Crippen LogP contribution in [0.3, 0.4) is 0 Å². The molecule has 0 radical (unpaired) electrons. The third kappa shape index (κ3) is 4.89. The number of nitriles is 1. The van der Waals surface area contributed by atoms with Crippen LogP contribution in [0, 0.1) is 11.3 Å². The summed E-state index contributed by atoms with van der Waals surface area (Å²) in [5.74, 6) is 0.381. The molecule has 0 aromatic heterocycles. The molecule has 2 rings (SSSR count). The molecule has 8 nitrogen and oxygen atoms in total. The molecule has 0 atom stereocenters. The summed E-state index contributed by atoms with van der Waals surface area (Å²) in [5, 5.41) is 13.8. The van der Waals surface area contributed by atoms with E-state index in [0.29, 0.717) is 34.2 Å². The van der Waals surface area contributed by atoms with Crippen molar-refractivity contribution in [3.8, 4) is 23.3 Å². The second-order valence-electron chi connectivity index (χ2n) is 5.33. The fourth-order valence-corrected chi connectivity index (χ4v) is 2.33. The summed E-state index contributed by atoms with van der Waals surface area (Å²) >= 11 is 0. The lowest BCUT2D eigenvalue weighted by Crippen LogP contribution is -2.13. The number of rotatable bonds is 7. The SMILES string of the molecule is COc1cc(C(=O)Nc2ccc(NC(=O)CC#N)cc2)cc(OC)c1OC. The lowest BCUT2D eigenvalue weighted by Gasteiger charge is -2.14. The lowest BCUT2D eigenvalue weighted by molar-refractivity contribution is -0.115. The third-order valence-electron chi connectivity index (χ3n) is 3.59. The Kier molecular flexibility index (Phi) is 6.61. The van der Waals surface area contributed by atoms with Crippen LogP contribution in [0.1, 0.15) is 16.8 Å². The number of nitrogens with zero attached hydrogens (tertiary/aromatic N) is 1. The molecule has 0 aliphatic rings. The predicted octanol–water partition coefficient (Wildman–Crippen LogP) is 2.82. The monoisotopic (exact) mass is 369 g/mol. The van der Waals surface area contributed by atoms with Crippen molar-refractivity contribution in [1.29, 1.82) is 5.26 Å². The van der Waals surface area contributed by atoms with E-state index in [4.69, 9.17) is 19.5 Å². The molecular formula is C19H19N3O5. The van der Waals surface area contributed by atoms with Gasteiger partial charge in [0.05, 0.1) is 27.4 Å². The highest BCUT2D eigenvalue weighted by atomic mass is 16.5. The van der Waals surface area contributed by atoms with Gasteiger partial charge in [0, 0.05) is 16.9 Å². The summed E-state index contributed by atoms with van der Waals surface area (Å²) in [4.78, 5) is 23.9. The average Bonchev–Trinajstić information content (AvgIpc) is 2.68. The van der Waals surface area contributed by atoms with E-state index >= 15 is 0 Å². The normalized spacial score (nSPS) is 9.70. The van der Waals surface area contributed by atoms with Gasteiger partial charge in [-0.2, -0.15) is 5.26 Å². The third-order valence-corrected chi connectivity index (χ3v) is 3.59. The molecule has 0 saturated carbocycles. The smallest absolute Gasteiger partial charge is 0.255 e. The van der Waals surface area contributed by atoms with Crippen LogP contribution in [-0.2, 0) is 4.79 Å². The van der Waals surface area contributed by atoms with Gasteiger partial charge in [0.1, 0.15) is 6.42 Å². The molecule has 27 heavy (non-hydrogen) atoms. The fraction of sp³-hybridized carbons (Fsp3) is 0.211. The van der Waals surface area contributed by atoms with Crippen LogP contribution in [0.2, 0.25) is 0 Å². The first-order valence-corrected chi connectivity index (χ1v) is 7.90. The first-order chi connectivity index (χ1) is 13.0. The Morgan fingerprint density at radius 2 is 1.44 bits per heavy atom. The Hall–Kier alpha value is -3.73. The van der Waals surface area contributed by atoms with Crippen molar-refractivity contribution < 1.29 is 23.8 Å². The molecule has 0 aliphatic heterocycles. The number of ether oxygens (including phenoxy) is 3. The number of methoxy groups -OCH3 is 3. The molecule has 0 spiro atoms. The Labute approximate surface area is 156 Å². The minimum Gasteiger partial charge on any atom is -0.493 e. The Balaban J connectivity index is 2.15. The molecule has 2 N–H and O–H groups in total. The van der Waals surface area contributed by atoms with Crippen LogP contribution in [0.15, 0.2) is 36.4 Å². The van der Waals surface area contributed by atoms with Crippen LogP contribution < -0.4 is 24.8 Å². The van der Waals surface area contributed by atoms with Gasteiger partial charge in [-0.1, -0.05) is 0 Å². The molecule has 2 aromatic rings. The van der Waals surface area contributed by atoms with Gasteiger partial charge in [0.25, 0.3) is 5.91 Å². The topological polar surface area (TPSA) is 110 Å². The van der Waals surface area contributed by atoms with E-state index in [0.717, 1.165) is 0 Å². The zero-order valence-corrected chi connectivity index (χ0v) is 15.2. The van der Waals surface area contributed by atoms with Crippen molar-refractivity contribution in [3.05, 3.63) is 42.0 Å². The van der Waals surface area contributed by atoms with Gasteiger partial charge in [-0.15, -0.1) is 0 Å². The van der Waals surface area contributed by atoms with Gasteiger partial charge in [-0.25, -0.2) is 0 Å². The van der Waals surface area contributed by atoms with Crippen molar-refractivity contribution in [2.24, 2.45) is 0 Å². The van der Waals surface area contributed by atoms with Gasteiger partial charge < -0.3 is 24.8 Å². The fourth-order valence-electron chi connectivity index (χ4n) is 2.33. The Bertz CT molecular complexity index is 847. The number of nitrogens with one attached hydrogen (secondary N) is 2. The van der Waals surface area contributed by atoms with E-state index in [2.05, 4.69) is 10.6 Å². The van der Waals surface area contributed by atoms with Crippen molar-refractivity contribution in [1.82, 2.24) is 0 Å². The summed E-state index contributed by atoms with van der Waals surface area (Å²) in [6.45, 7) is 0. The van der Waals surface area contributed by atoms with Crippen LogP contribution in [-0.4, -0.2) is 33.1 Å². The molecule has 0 saturated heterocycles. The number of carbonyl (C=O) groups excluding carboxylic acids is 2. The highest BCUT2D eigenvalue weighted by Crippen LogP contribution is 2.38. The lowest BCUT2D eigenvalue weighted by atomic mass is 10.1. The minimum absolute atomic E-state index is 0.223. The summed E-state index contributed by atoms with van der Waals surface area (Å²) in [6, 6.07) is 11.4. The summed E-state index contributed by atoms with van der Waals surface area (Å²) < 4.78 is 15.7. The molecule has 8 heteroatoms. The van der Waals surface area contributed by atoms with E-state index in [9.17, 15) is 9.59 Å². The van der Waals surface area contributed by atoms with Gasteiger partial charge in [-0.3, -0.25) is 9.59 Å². The summed E-state index contributed by atoms with van der Waals surface area (Å²) in [7, 11) is 4.42. The van der Waals surface area contributed by atoms with Crippen LogP contribution in [0.25, 0.3) is 0 Å². The van der Waals surface area contributed by atoms with Gasteiger partial charge in [0.2, 0.25) is 11.7 Å². The highest BCUT2D eigenvalue weighted by Gasteiger charge is 2.17. The molecule has 0 fully saturated rings. The number of benzene rings is 2. The molecule has 0 heterocycles. The number of anilines is 2. The molecular weight excluding hydrogens is 350 g/mol. The Morgan fingerprint density at radius 3 is 1.89 bits per heavy atom. The van der Waals surface area contributed by atoms with E-state index < -0.39 is 5.91 Å². The highest BCUT2D eigenvalue weighted by molar-refractivity contribution is 6.05. The number of amides is 2. The zero-order chi connectivity index (χ0) is 19.8. The van der Waals surface area contributed by atoms with Gasteiger partial charge in [-0.05, 0) is 36.4 Å². The molecule has 0 bridgehead atoms. The Morgan fingerprint density at radius 1 is 0.926 bits per heavy atom. The maximum atomic E-state index is 12.5. The quantitative estimate of drug-likeness (QED) is 0.777. The van der Waals surface area contributed by atoms with E-state index in [-0.39, 0.29) is 12.3 Å². The summed E-state index contributed by atoms with van der Waals surface area (Å²) in [6.07, 6.45) is -0.223. The largest absolute Gasteiger partial charge is 0.493 e. The van der Waals surface area contributed by atoms with E-state index in [1.54, 1.807) is 42.5 Å². The van der Waals surface area contributed by atoms with Crippen LogP contribution in [0.5, 0.6) is 17.2 Å². The maximum absolute atomic E-state index is 12.5. The van der Waals surface area contributed by atoms with Crippen LogP contribution >= 0.6 is 0 Å². The minimum atomic E-state index is -0.397.